The van der Waals surface area contributed by atoms with Crippen LogP contribution in [-0.2, 0) is 16.0 Å². The zero-order chi connectivity index (χ0) is 28.5. The van der Waals surface area contributed by atoms with Crippen LogP contribution in [0.15, 0.2) is 79.1 Å². The van der Waals surface area contributed by atoms with Crippen LogP contribution in [0, 0.1) is 0 Å². The number of carbonyl (C=O) groups is 1. The Hall–Kier alpha value is -4.81. The van der Waals surface area contributed by atoms with E-state index in [0.717, 1.165) is 17.0 Å². The van der Waals surface area contributed by atoms with Gasteiger partial charge in [-0.1, -0.05) is 24.3 Å². The van der Waals surface area contributed by atoms with E-state index in [9.17, 15) is 4.79 Å². The van der Waals surface area contributed by atoms with Crippen LogP contribution < -0.4 is 26.0 Å². The largest absolute Gasteiger partial charge is 0.497 e. The maximum Gasteiger partial charge on any atom is 0.251 e. The number of pyridine rings is 1. The maximum absolute atomic E-state index is 12.0. The summed E-state index contributed by atoms with van der Waals surface area (Å²) in [6.07, 6.45) is 3.48. The first-order chi connectivity index (χ1) is 20.2. The van der Waals surface area contributed by atoms with Crippen molar-refractivity contribution in [1.29, 1.82) is 0 Å². The molecule has 0 saturated carbocycles. The van der Waals surface area contributed by atoms with Gasteiger partial charge in [0.25, 0.3) is 5.91 Å². The normalized spacial score (nSPS) is 10.6. The highest BCUT2D eigenvalue weighted by atomic mass is 16.5. The molecule has 2 heterocycles. The lowest BCUT2D eigenvalue weighted by Gasteiger charge is -2.12. The van der Waals surface area contributed by atoms with Crippen molar-refractivity contribution in [2.45, 2.75) is 6.54 Å². The third-order valence-electron chi connectivity index (χ3n) is 5.63. The number of benzene rings is 2. The molecule has 4 N–H and O–H groups in total. The van der Waals surface area contributed by atoms with Crippen molar-refractivity contribution in [3.63, 3.8) is 0 Å². The van der Waals surface area contributed by atoms with Crippen LogP contribution in [-0.4, -0.2) is 72.5 Å². The molecule has 41 heavy (non-hydrogen) atoms. The fourth-order valence-corrected chi connectivity index (χ4v) is 3.59. The Morgan fingerprint density at radius 3 is 2.22 bits per heavy atom. The van der Waals surface area contributed by atoms with E-state index in [0.29, 0.717) is 69.5 Å². The molecule has 1 amide bonds. The highest BCUT2D eigenvalue weighted by Crippen LogP contribution is 2.20. The standard InChI is InChI=1S/C29H34N8O4/c1-39-25-9-5-8-24(20-25)34-29-36-27(35-28(37-29)33-21-22-10-12-30-13-11-22)32-15-17-41-19-18-40-16-14-31-26(38)23-6-3-2-4-7-23/h2-13,20H,14-19,21H2,1H3,(H,31,38)(H3,32,33,34,35,36,37). The average Bonchev–Trinajstić information content (AvgIpc) is 3.02. The van der Waals surface area contributed by atoms with E-state index in [1.807, 2.05) is 54.6 Å². The first kappa shape index (κ1) is 29.2. The number of aromatic nitrogens is 4. The second-order valence-electron chi connectivity index (χ2n) is 8.65. The molecule has 0 spiro atoms. The number of hydrogen-bond acceptors (Lipinski definition) is 11. The van der Waals surface area contributed by atoms with Crippen molar-refractivity contribution in [1.82, 2.24) is 25.3 Å². The Balaban J connectivity index is 1.20. The Morgan fingerprint density at radius 1 is 0.756 bits per heavy atom. The van der Waals surface area contributed by atoms with Crippen molar-refractivity contribution >= 4 is 29.4 Å². The van der Waals surface area contributed by atoms with E-state index in [4.69, 9.17) is 14.2 Å². The Bertz CT molecular complexity index is 1350. The highest BCUT2D eigenvalue weighted by molar-refractivity contribution is 5.94. The predicted molar refractivity (Wildman–Crippen MR) is 157 cm³/mol. The minimum atomic E-state index is -0.118. The molecule has 4 rings (SSSR count). The number of carbonyl (C=O) groups excluding carboxylic acids is 1. The van der Waals surface area contributed by atoms with E-state index in [2.05, 4.69) is 41.2 Å². The van der Waals surface area contributed by atoms with Gasteiger partial charge in [-0.2, -0.15) is 15.0 Å². The van der Waals surface area contributed by atoms with Gasteiger partial charge >= 0.3 is 0 Å². The second-order valence-corrected chi connectivity index (χ2v) is 8.65. The SMILES string of the molecule is COc1cccc(Nc2nc(NCCOCCOCCNC(=O)c3ccccc3)nc(NCc3ccncc3)n2)c1. The number of rotatable bonds is 17. The first-order valence-corrected chi connectivity index (χ1v) is 13.2. The Morgan fingerprint density at radius 2 is 1.46 bits per heavy atom. The third kappa shape index (κ3) is 10.4. The van der Waals surface area contributed by atoms with Crippen LogP contribution >= 0.6 is 0 Å². The van der Waals surface area contributed by atoms with Crippen LogP contribution in [0.1, 0.15) is 15.9 Å². The average molecular weight is 559 g/mol. The van der Waals surface area contributed by atoms with E-state index in [1.54, 1.807) is 31.6 Å². The van der Waals surface area contributed by atoms with Crippen molar-refractivity contribution in [2.75, 3.05) is 62.6 Å². The summed E-state index contributed by atoms with van der Waals surface area (Å²) in [5, 5.41) is 12.4. The second kappa shape index (κ2) is 16.3. The fraction of sp³-hybridized carbons (Fsp3) is 0.276. The summed E-state index contributed by atoms with van der Waals surface area (Å²) >= 11 is 0. The molecule has 12 nitrogen and oxygen atoms in total. The number of ether oxygens (including phenoxy) is 3. The molecular formula is C29H34N8O4. The predicted octanol–water partition coefficient (Wildman–Crippen LogP) is 3.51. The van der Waals surface area contributed by atoms with E-state index in [-0.39, 0.29) is 5.91 Å². The van der Waals surface area contributed by atoms with E-state index in [1.165, 1.54) is 0 Å². The minimum absolute atomic E-state index is 0.118. The summed E-state index contributed by atoms with van der Waals surface area (Å²) in [5.74, 6) is 1.79. The molecule has 0 aliphatic rings. The van der Waals surface area contributed by atoms with E-state index >= 15 is 0 Å². The summed E-state index contributed by atoms with van der Waals surface area (Å²) in [4.78, 5) is 29.5. The molecule has 0 unspecified atom stereocenters. The molecular weight excluding hydrogens is 524 g/mol. The van der Waals surface area contributed by atoms with Crippen LogP contribution in [0.4, 0.5) is 23.5 Å². The van der Waals surface area contributed by atoms with Crippen LogP contribution in [0.5, 0.6) is 5.75 Å². The lowest BCUT2D eigenvalue weighted by Crippen LogP contribution is -2.27. The molecule has 0 radical (unpaired) electrons. The number of nitrogens with one attached hydrogen (secondary N) is 4. The molecule has 4 aromatic rings. The third-order valence-corrected chi connectivity index (χ3v) is 5.63. The minimum Gasteiger partial charge on any atom is -0.497 e. The van der Waals surface area contributed by atoms with Crippen molar-refractivity contribution in [3.8, 4) is 5.75 Å². The van der Waals surface area contributed by atoms with Gasteiger partial charge in [-0.3, -0.25) is 9.78 Å². The molecule has 0 aliphatic heterocycles. The summed E-state index contributed by atoms with van der Waals surface area (Å²) < 4.78 is 16.5. The van der Waals surface area contributed by atoms with E-state index < -0.39 is 0 Å². The fourth-order valence-electron chi connectivity index (χ4n) is 3.59. The summed E-state index contributed by atoms with van der Waals surface area (Å²) in [5.41, 5.74) is 2.46. The van der Waals surface area contributed by atoms with Gasteiger partial charge in [0.1, 0.15) is 5.75 Å². The Labute approximate surface area is 238 Å². The van der Waals surface area contributed by atoms with Gasteiger partial charge in [-0.15, -0.1) is 0 Å². The number of nitrogens with zero attached hydrogens (tertiary/aromatic N) is 4. The van der Waals surface area contributed by atoms with Gasteiger partial charge < -0.3 is 35.5 Å². The molecule has 214 valence electrons. The highest BCUT2D eigenvalue weighted by Gasteiger charge is 2.08. The quantitative estimate of drug-likeness (QED) is 0.141. The lowest BCUT2D eigenvalue weighted by atomic mass is 10.2. The van der Waals surface area contributed by atoms with Gasteiger partial charge in [-0.05, 0) is 42.0 Å². The van der Waals surface area contributed by atoms with Crippen molar-refractivity contribution in [3.05, 3.63) is 90.3 Å². The van der Waals surface area contributed by atoms with Crippen LogP contribution in [0.25, 0.3) is 0 Å². The molecule has 0 bridgehead atoms. The number of hydrogen-bond donors (Lipinski definition) is 4. The molecule has 12 heteroatoms. The van der Waals surface area contributed by atoms with Crippen molar-refractivity contribution < 1.29 is 19.0 Å². The molecule has 0 fully saturated rings. The zero-order valence-corrected chi connectivity index (χ0v) is 22.9. The van der Waals surface area contributed by atoms with Gasteiger partial charge in [0.2, 0.25) is 17.8 Å². The van der Waals surface area contributed by atoms with Crippen molar-refractivity contribution in [2.24, 2.45) is 0 Å². The molecule has 0 saturated heterocycles. The van der Waals surface area contributed by atoms with Gasteiger partial charge in [0.15, 0.2) is 0 Å². The molecule has 0 aliphatic carbocycles. The molecule has 2 aromatic carbocycles. The van der Waals surface area contributed by atoms with Gasteiger partial charge in [0, 0.05) is 49.3 Å². The summed E-state index contributed by atoms with van der Waals surface area (Å²) in [6, 6.07) is 20.4. The zero-order valence-electron chi connectivity index (χ0n) is 22.9. The van der Waals surface area contributed by atoms with Gasteiger partial charge in [-0.25, -0.2) is 0 Å². The molecule has 2 aromatic heterocycles. The maximum atomic E-state index is 12.0. The lowest BCUT2D eigenvalue weighted by molar-refractivity contribution is 0.0519. The first-order valence-electron chi connectivity index (χ1n) is 13.2. The summed E-state index contributed by atoms with van der Waals surface area (Å²) in [6.45, 7) is 3.13. The smallest absolute Gasteiger partial charge is 0.251 e. The number of methoxy groups -OCH3 is 1. The monoisotopic (exact) mass is 558 g/mol. The van der Waals surface area contributed by atoms with Gasteiger partial charge in [0.05, 0.1) is 33.5 Å². The van der Waals surface area contributed by atoms with Crippen LogP contribution in [0.2, 0.25) is 0 Å². The number of amides is 1. The summed E-state index contributed by atoms with van der Waals surface area (Å²) in [7, 11) is 1.62. The van der Waals surface area contributed by atoms with Crippen LogP contribution in [0.3, 0.4) is 0 Å². The number of anilines is 4. The molecule has 0 atom stereocenters. The topological polar surface area (TPSA) is 144 Å². The Kier molecular flexibility index (Phi) is 11.6.